The van der Waals surface area contributed by atoms with Gasteiger partial charge in [-0.25, -0.2) is 0 Å². The normalized spacial score (nSPS) is 22.7. The fourth-order valence-electron chi connectivity index (χ4n) is 4.83. The smallest absolute Gasteiger partial charge is 0.352 e. The van der Waals surface area contributed by atoms with Crippen molar-refractivity contribution in [3.63, 3.8) is 0 Å². The zero-order valence-corrected chi connectivity index (χ0v) is 18.6. The molecule has 2 aliphatic rings. The third kappa shape index (κ3) is 5.86. The zero-order valence-electron chi connectivity index (χ0n) is 17.9. The molecule has 2 fully saturated rings. The van der Waals surface area contributed by atoms with Crippen LogP contribution in [-0.4, -0.2) is 41.4 Å². The Bertz CT molecular complexity index is 999. The highest BCUT2D eigenvalue weighted by Gasteiger charge is 2.40. The Hall–Kier alpha value is -2.58. The Morgan fingerprint density at radius 2 is 1.70 bits per heavy atom. The van der Waals surface area contributed by atoms with Gasteiger partial charge in [-0.2, -0.15) is 13.2 Å². The molecule has 2 aromatic rings. The van der Waals surface area contributed by atoms with Crippen LogP contribution >= 0.6 is 11.6 Å². The van der Waals surface area contributed by atoms with Gasteiger partial charge in [-0.15, -0.1) is 0 Å². The minimum Gasteiger partial charge on any atom is -0.352 e. The fourth-order valence-corrected chi connectivity index (χ4v) is 4.95. The maximum absolute atomic E-state index is 12.8. The van der Waals surface area contributed by atoms with Crippen LogP contribution in [0.5, 0.6) is 0 Å². The molecule has 2 N–H and O–H groups in total. The molecule has 0 spiro atoms. The van der Waals surface area contributed by atoms with Gasteiger partial charge in [0.2, 0.25) is 5.91 Å². The highest BCUT2D eigenvalue weighted by Crippen LogP contribution is 2.37. The Morgan fingerprint density at radius 3 is 2.33 bits per heavy atom. The van der Waals surface area contributed by atoms with Crippen molar-refractivity contribution in [2.45, 2.75) is 56.5 Å². The standard InChI is InChI=1S/C24H25ClF3N3O2/c25-18-6-4-15(5-7-18)14-31-20-8-9-21(31)12-19(11-20)30-22(32)13-29-23(33)16-2-1-3-17(10-16)24(26,27)28/h1-7,10,19-21H,8-9,11-14H2,(H,29,33)(H,30,32)/t19-,20+,21-. The van der Waals surface area contributed by atoms with Crippen LogP contribution in [0.4, 0.5) is 13.2 Å². The second kappa shape index (κ2) is 9.73. The molecule has 5 nitrogen and oxygen atoms in total. The van der Waals surface area contributed by atoms with Crippen molar-refractivity contribution in [2.75, 3.05) is 6.54 Å². The summed E-state index contributed by atoms with van der Waals surface area (Å²) in [7, 11) is 0. The number of carbonyl (C=O) groups is 2. The second-order valence-electron chi connectivity index (χ2n) is 8.68. The van der Waals surface area contributed by atoms with E-state index in [1.54, 1.807) is 0 Å². The Morgan fingerprint density at radius 1 is 1.03 bits per heavy atom. The van der Waals surface area contributed by atoms with Crippen molar-refractivity contribution in [3.8, 4) is 0 Å². The van der Waals surface area contributed by atoms with E-state index < -0.39 is 17.6 Å². The summed E-state index contributed by atoms with van der Waals surface area (Å²) < 4.78 is 38.5. The van der Waals surface area contributed by atoms with Crippen molar-refractivity contribution < 1.29 is 22.8 Å². The molecule has 0 aromatic heterocycles. The summed E-state index contributed by atoms with van der Waals surface area (Å²) in [5.41, 5.74) is 0.169. The van der Waals surface area contributed by atoms with Crippen molar-refractivity contribution in [3.05, 3.63) is 70.2 Å². The van der Waals surface area contributed by atoms with Crippen molar-refractivity contribution in [2.24, 2.45) is 0 Å². The van der Waals surface area contributed by atoms with E-state index in [1.807, 2.05) is 24.3 Å². The Kier molecular flexibility index (Phi) is 6.95. The van der Waals surface area contributed by atoms with E-state index in [-0.39, 0.29) is 24.1 Å². The summed E-state index contributed by atoms with van der Waals surface area (Å²) >= 11 is 5.97. The first-order chi connectivity index (χ1) is 15.7. The lowest BCUT2D eigenvalue weighted by Gasteiger charge is -2.39. The minimum absolute atomic E-state index is 0.0157. The summed E-state index contributed by atoms with van der Waals surface area (Å²) in [6.07, 6.45) is -0.710. The molecule has 2 aliphatic heterocycles. The van der Waals surface area contributed by atoms with E-state index >= 15 is 0 Å². The number of nitrogens with zero attached hydrogens (tertiary/aromatic N) is 1. The van der Waals surface area contributed by atoms with Gasteiger partial charge >= 0.3 is 6.18 Å². The molecule has 4 rings (SSSR count). The van der Waals surface area contributed by atoms with Gasteiger partial charge in [-0.1, -0.05) is 29.8 Å². The van der Waals surface area contributed by atoms with Gasteiger partial charge in [0.15, 0.2) is 0 Å². The van der Waals surface area contributed by atoms with Gasteiger partial charge in [-0.3, -0.25) is 14.5 Å². The van der Waals surface area contributed by atoms with E-state index in [1.165, 1.54) is 17.7 Å². The summed E-state index contributed by atoms with van der Waals surface area (Å²) in [6, 6.07) is 12.8. The Balaban J connectivity index is 1.26. The molecule has 9 heteroatoms. The highest BCUT2D eigenvalue weighted by molar-refractivity contribution is 6.30. The topological polar surface area (TPSA) is 61.4 Å². The largest absolute Gasteiger partial charge is 0.416 e. The molecule has 0 aliphatic carbocycles. The maximum atomic E-state index is 12.8. The second-order valence-corrected chi connectivity index (χ2v) is 9.12. The van der Waals surface area contributed by atoms with E-state index in [0.29, 0.717) is 17.1 Å². The summed E-state index contributed by atoms with van der Waals surface area (Å²) in [5.74, 6) is -1.06. The number of nitrogens with one attached hydrogen (secondary N) is 2. The number of halogens is 4. The van der Waals surface area contributed by atoms with Gasteiger partial charge in [0, 0.05) is 35.3 Å². The number of hydrogen-bond donors (Lipinski definition) is 2. The van der Waals surface area contributed by atoms with E-state index in [2.05, 4.69) is 15.5 Å². The number of benzene rings is 2. The summed E-state index contributed by atoms with van der Waals surface area (Å²) in [4.78, 5) is 27.1. The molecule has 0 unspecified atom stereocenters. The molecule has 3 atom stereocenters. The quantitative estimate of drug-likeness (QED) is 0.645. The van der Waals surface area contributed by atoms with Crippen LogP contribution in [0.25, 0.3) is 0 Å². The lowest BCUT2D eigenvalue weighted by molar-refractivity contribution is -0.137. The van der Waals surface area contributed by atoms with E-state index in [4.69, 9.17) is 11.6 Å². The molecule has 2 bridgehead atoms. The average Bonchev–Trinajstić information content (AvgIpc) is 3.00. The van der Waals surface area contributed by atoms with Gasteiger partial charge < -0.3 is 10.6 Å². The number of piperidine rings is 1. The number of rotatable bonds is 6. The number of carbonyl (C=O) groups excluding carboxylic acids is 2. The molecule has 176 valence electrons. The average molecular weight is 480 g/mol. The zero-order chi connectivity index (χ0) is 23.6. The van der Waals surface area contributed by atoms with Crippen LogP contribution in [0.2, 0.25) is 5.02 Å². The number of amides is 2. The number of hydrogen-bond acceptors (Lipinski definition) is 3. The predicted molar refractivity (Wildman–Crippen MR) is 119 cm³/mol. The number of fused-ring (bicyclic) bond motifs is 2. The SMILES string of the molecule is O=C(CNC(=O)c1cccc(C(F)(F)F)c1)N[C@H]1C[C@H]2CC[C@@H](C1)N2Cc1ccc(Cl)cc1. The van der Waals surface area contributed by atoms with Crippen LogP contribution in [0.1, 0.15) is 47.2 Å². The molecule has 0 radical (unpaired) electrons. The fraction of sp³-hybridized carbons (Fsp3) is 0.417. The van der Waals surface area contributed by atoms with Gasteiger partial charge in [0.25, 0.3) is 5.91 Å². The van der Waals surface area contributed by atoms with E-state index in [9.17, 15) is 22.8 Å². The van der Waals surface area contributed by atoms with E-state index in [0.717, 1.165) is 44.4 Å². The first kappa shape index (κ1) is 23.6. The monoisotopic (exact) mass is 479 g/mol. The predicted octanol–water partition coefficient (Wildman–Crippen LogP) is 4.40. The molecule has 2 aromatic carbocycles. The van der Waals surface area contributed by atoms with Crippen LogP contribution < -0.4 is 10.6 Å². The van der Waals surface area contributed by atoms with Crippen LogP contribution in [0, 0.1) is 0 Å². The maximum Gasteiger partial charge on any atom is 0.416 e. The first-order valence-electron chi connectivity index (χ1n) is 10.9. The van der Waals surface area contributed by atoms with Crippen molar-refractivity contribution in [1.29, 1.82) is 0 Å². The third-order valence-electron chi connectivity index (χ3n) is 6.39. The molecular formula is C24H25ClF3N3O2. The molecule has 0 saturated carbocycles. The lowest BCUT2D eigenvalue weighted by Crippen LogP contribution is -2.51. The van der Waals surface area contributed by atoms with Crippen LogP contribution in [0.15, 0.2) is 48.5 Å². The summed E-state index contributed by atoms with van der Waals surface area (Å²) in [6.45, 7) is 0.565. The molecule has 2 saturated heterocycles. The minimum atomic E-state index is -4.53. The molecule has 2 amide bonds. The lowest BCUT2D eigenvalue weighted by atomic mass is 9.96. The van der Waals surface area contributed by atoms with Crippen LogP contribution in [0.3, 0.4) is 0 Å². The molecule has 2 heterocycles. The number of alkyl halides is 3. The van der Waals surface area contributed by atoms with Gasteiger partial charge in [0.1, 0.15) is 0 Å². The summed E-state index contributed by atoms with van der Waals surface area (Å²) in [5, 5.41) is 6.10. The molecule has 33 heavy (non-hydrogen) atoms. The molecular weight excluding hydrogens is 455 g/mol. The van der Waals surface area contributed by atoms with Crippen molar-refractivity contribution in [1.82, 2.24) is 15.5 Å². The van der Waals surface area contributed by atoms with Gasteiger partial charge in [0.05, 0.1) is 12.1 Å². The Labute approximate surface area is 195 Å². The third-order valence-corrected chi connectivity index (χ3v) is 6.64. The van der Waals surface area contributed by atoms with Crippen LogP contribution in [-0.2, 0) is 17.5 Å². The van der Waals surface area contributed by atoms with Crippen molar-refractivity contribution >= 4 is 23.4 Å². The highest BCUT2D eigenvalue weighted by atomic mass is 35.5. The van der Waals surface area contributed by atoms with Gasteiger partial charge in [-0.05, 0) is 61.6 Å². The first-order valence-corrected chi connectivity index (χ1v) is 11.3.